The second kappa shape index (κ2) is 9.40. The maximum Gasteiger partial charge on any atom is 0.416 e. The van der Waals surface area contributed by atoms with Crippen LogP contribution in [0.1, 0.15) is 35.6 Å². The Hall–Kier alpha value is -3.38. The largest absolute Gasteiger partial charge is 0.416 e. The number of ketones is 1. The number of benzene rings is 1. The van der Waals surface area contributed by atoms with Gasteiger partial charge in [-0.15, -0.1) is 22.7 Å². The van der Waals surface area contributed by atoms with Gasteiger partial charge in [-0.3, -0.25) is 24.6 Å². The van der Waals surface area contributed by atoms with Gasteiger partial charge in [0.25, 0.3) is 0 Å². The van der Waals surface area contributed by atoms with Crippen molar-refractivity contribution in [2.24, 2.45) is 0 Å². The van der Waals surface area contributed by atoms with Gasteiger partial charge in [-0.05, 0) is 24.3 Å². The molecule has 2 heterocycles. The fraction of sp³-hybridized carbons (Fsp3) is 0.150. The molecule has 3 rings (SSSR count). The van der Waals surface area contributed by atoms with E-state index in [0.717, 1.165) is 39.7 Å². The molecular weight excluding hydrogens is 465 g/mol. The molecule has 0 aliphatic heterocycles. The van der Waals surface area contributed by atoms with E-state index in [4.69, 9.17) is 0 Å². The van der Waals surface area contributed by atoms with Crippen LogP contribution in [0.4, 0.5) is 29.1 Å². The van der Waals surface area contributed by atoms with Crippen molar-refractivity contribution in [1.82, 2.24) is 9.97 Å². The Kier molecular flexibility index (Phi) is 6.84. The lowest BCUT2D eigenvalue weighted by Gasteiger charge is -2.19. The molecule has 1 aromatic carbocycles. The number of nitrogens with zero attached hydrogens (tertiary/aromatic N) is 3. The van der Waals surface area contributed by atoms with Crippen LogP contribution in [0.15, 0.2) is 41.1 Å². The molecule has 2 amide bonds. The maximum atomic E-state index is 13.0. The van der Waals surface area contributed by atoms with Crippen molar-refractivity contribution < 1.29 is 27.6 Å². The zero-order valence-electron chi connectivity index (χ0n) is 16.6. The number of hydrogen-bond donors (Lipinski definition) is 1. The number of anilines is 3. The molecule has 32 heavy (non-hydrogen) atoms. The molecule has 0 spiro atoms. The predicted molar refractivity (Wildman–Crippen MR) is 116 cm³/mol. The van der Waals surface area contributed by atoms with Gasteiger partial charge in [0.05, 0.1) is 16.9 Å². The number of alkyl halides is 3. The number of rotatable bonds is 6. The monoisotopic (exact) mass is 480 g/mol. The Morgan fingerprint density at radius 2 is 1.84 bits per heavy atom. The summed E-state index contributed by atoms with van der Waals surface area (Å²) in [4.78, 5) is 44.7. The highest BCUT2D eigenvalue weighted by Gasteiger charge is 2.31. The third-order valence-electron chi connectivity index (χ3n) is 3.95. The molecule has 0 saturated heterocycles. The summed E-state index contributed by atoms with van der Waals surface area (Å²) in [6, 6.07) is 4.38. The van der Waals surface area contributed by atoms with Crippen molar-refractivity contribution in [1.29, 1.82) is 0 Å². The van der Waals surface area contributed by atoms with E-state index in [0.29, 0.717) is 5.69 Å². The van der Waals surface area contributed by atoms with E-state index in [1.54, 1.807) is 5.38 Å². The molecule has 12 heteroatoms. The standard InChI is InChI=1S/C20H15F3N4O3S2/c1-11(28)16-10-31-18(25-16)26-17(30)7-6-14-9-32-19(24-14)27(12(2)29)15-5-3-4-13(8-15)20(21,22)23/h3-10H,1-2H3,(H,25,26,30)/b7-6+. The van der Waals surface area contributed by atoms with Crippen LogP contribution < -0.4 is 10.2 Å². The van der Waals surface area contributed by atoms with Crippen LogP contribution in [0.5, 0.6) is 0 Å². The van der Waals surface area contributed by atoms with Crippen LogP contribution in [0.2, 0.25) is 0 Å². The van der Waals surface area contributed by atoms with E-state index in [1.165, 1.54) is 43.5 Å². The summed E-state index contributed by atoms with van der Waals surface area (Å²) in [7, 11) is 0. The first-order valence-corrected chi connectivity index (χ1v) is 10.7. The van der Waals surface area contributed by atoms with Crippen molar-refractivity contribution in [2.45, 2.75) is 20.0 Å². The molecule has 0 aliphatic carbocycles. The van der Waals surface area contributed by atoms with Gasteiger partial charge in [-0.25, -0.2) is 9.97 Å². The summed E-state index contributed by atoms with van der Waals surface area (Å²) < 4.78 is 39.1. The summed E-state index contributed by atoms with van der Waals surface area (Å²) in [5, 5.41) is 6.01. The van der Waals surface area contributed by atoms with E-state index in [-0.39, 0.29) is 27.4 Å². The average molecular weight is 480 g/mol. The normalized spacial score (nSPS) is 11.5. The Morgan fingerprint density at radius 1 is 1.09 bits per heavy atom. The van der Waals surface area contributed by atoms with Crippen molar-refractivity contribution in [3.63, 3.8) is 0 Å². The lowest BCUT2D eigenvalue weighted by Crippen LogP contribution is -2.23. The molecule has 7 nitrogen and oxygen atoms in total. The number of thiazole rings is 2. The number of halogens is 3. The summed E-state index contributed by atoms with van der Waals surface area (Å²) in [6.07, 6.45) is -1.97. The van der Waals surface area contributed by atoms with Gasteiger partial charge >= 0.3 is 6.18 Å². The van der Waals surface area contributed by atoms with E-state index in [2.05, 4.69) is 15.3 Å². The number of Topliss-reactive ketones (excluding diaryl/α,β-unsaturated/α-hetero) is 1. The van der Waals surface area contributed by atoms with Crippen LogP contribution in [-0.4, -0.2) is 27.6 Å². The number of hydrogen-bond acceptors (Lipinski definition) is 7. The lowest BCUT2D eigenvalue weighted by molar-refractivity contribution is -0.137. The molecular formula is C20H15F3N4O3S2. The van der Waals surface area contributed by atoms with E-state index in [9.17, 15) is 27.6 Å². The van der Waals surface area contributed by atoms with Gasteiger partial charge < -0.3 is 0 Å². The Balaban J connectivity index is 1.76. The average Bonchev–Trinajstić information content (AvgIpc) is 3.36. The maximum absolute atomic E-state index is 13.0. The van der Waals surface area contributed by atoms with Gasteiger partial charge in [-0.1, -0.05) is 6.07 Å². The summed E-state index contributed by atoms with van der Waals surface area (Å²) in [6.45, 7) is 2.58. The quantitative estimate of drug-likeness (QED) is 0.389. The molecule has 0 saturated carbocycles. The molecule has 0 fully saturated rings. The third-order valence-corrected chi connectivity index (χ3v) is 5.55. The van der Waals surface area contributed by atoms with Gasteiger partial charge in [0.15, 0.2) is 16.0 Å². The highest BCUT2D eigenvalue weighted by Crippen LogP contribution is 2.35. The number of carbonyl (C=O) groups excluding carboxylic acids is 3. The first-order chi connectivity index (χ1) is 15.0. The zero-order chi connectivity index (χ0) is 23.5. The van der Waals surface area contributed by atoms with Gasteiger partial charge in [0, 0.05) is 30.7 Å². The Morgan fingerprint density at radius 3 is 2.47 bits per heavy atom. The molecule has 3 aromatic rings. The summed E-state index contributed by atoms with van der Waals surface area (Å²) in [5.41, 5.74) is -0.274. The lowest BCUT2D eigenvalue weighted by atomic mass is 10.2. The van der Waals surface area contributed by atoms with Crippen molar-refractivity contribution in [3.05, 3.63) is 58.1 Å². The number of carbonyl (C=O) groups is 3. The second-order valence-corrected chi connectivity index (χ2v) is 8.07. The summed E-state index contributed by atoms with van der Waals surface area (Å²) in [5.74, 6) is -1.25. The number of nitrogens with one attached hydrogen (secondary N) is 1. The second-order valence-electron chi connectivity index (χ2n) is 6.37. The van der Waals surface area contributed by atoms with Gasteiger partial charge in [0.2, 0.25) is 11.8 Å². The molecule has 0 aliphatic rings. The van der Waals surface area contributed by atoms with Crippen LogP contribution >= 0.6 is 22.7 Å². The van der Waals surface area contributed by atoms with E-state index in [1.807, 2.05) is 0 Å². The SMILES string of the molecule is CC(=O)c1csc(NC(=O)/C=C/c2csc(N(C(C)=O)c3cccc(C(F)(F)F)c3)n2)n1. The summed E-state index contributed by atoms with van der Waals surface area (Å²) >= 11 is 2.14. The molecule has 166 valence electrons. The highest BCUT2D eigenvalue weighted by molar-refractivity contribution is 7.14. The van der Waals surface area contributed by atoms with Crippen LogP contribution in [-0.2, 0) is 15.8 Å². The topological polar surface area (TPSA) is 92.3 Å². The fourth-order valence-electron chi connectivity index (χ4n) is 2.50. The first kappa shape index (κ1) is 23.3. The minimum atomic E-state index is -4.55. The van der Waals surface area contributed by atoms with Crippen molar-refractivity contribution >= 4 is 62.3 Å². The van der Waals surface area contributed by atoms with Gasteiger partial charge in [0.1, 0.15) is 5.69 Å². The minimum absolute atomic E-state index is 0.0278. The van der Waals surface area contributed by atoms with Crippen LogP contribution in [0.3, 0.4) is 0 Å². The number of aromatic nitrogens is 2. The first-order valence-electron chi connectivity index (χ1n) is 8.93. The molecule has 1 N–H and O–H groups in total. The van der Waals surface area contributed by atoms with Crippen molar-refractivity contribution in [3.8, 4) is 0 Å². The fourth-order valence-corrected chi connectivity index (χ4v) is 4.11. The van der Waals surface area contributed by atoms with E-state index < -0.39 is 23.6 Å². The smallest absolute Gasteiger partial charge is 0.298 e. The van der Waals surface area contributed by atoms with Crippen LogP contribution in [0.25, 0.3) is 6.08 Å². The third kappa shape index (κ3) is 5.65. The molecule has 0 radical (unpaired) electrons. The molecule has 0 unspecified atom stereocenters. The van der Waals surface area contributed by atoms with E-state index >= 15 is 0 Å². The zero-order valence-corrected chi connectivity index (χ0v) is 18.3. The highest BCUT2D eigenvalue weighted by atomic mass is 32.1. The Labute approximate surface area is 188 Å². The molecule has 2 aromatic heterocycles. The van der Waals surface area contributed by atoms with Gasteiger partial charge in [-0.2, -0.15) is 13.2 Å². The van der Waals surface area contributed by atoms with Crippen molar-refractivity contribution in [2.75, 3.05) is 10.2 Å². The molecule has 0 atom stereocenters. The minimum Gasteiger partial charge on any atom is -0.298 e. The predicted octanol–water partition coefficient (Wildman–Crippen LogP) is 5.16. The molecule has 0 bridgehead atoms. The number of amides is 2. The Bertz CT molecular complexity index is 1200. The van der Waals surface area contributed by atoms with Crippen LogP contribution in [0, 0.1) is 0 Å².